The van der Waals surface area contributed by atoms with Crippen LogP contribution in [0, 0.1) is 5.41 Å². The molecule has 1 unspecified atom stereocenters. The summed E-state index contributed by atoms with van der Waals surface area (Å²) in [5.74, 6) is 0. The summed E-state index contributed by atoms with van der Waals surface area (Å²) in [5, 5.41) is 0. The van der Waals surface area contributed by atoms with Crippen molar-refractivity contribution in [3.63, 3.8) is 0 Å². The van der Waals surface area contributed by atoms with Crippen molar-refractivity contribution in [1.29, 1.82) is 0 Å². The zero-order valence-corrected chi connectivity index (χ0v) is 6.75. The molecular formula is C6H12FOP. The first-order valence-electron chi connectivity index (χ1n) is 3.16. The Morgan fingerprint density at radius 2 is 2.22 bits per heavy atom. The summed E-state index contributed by atoms with van der Waals surface area (Å²) in [6.45, 7) is 4.81. The highest BCUT2D eigenvalue weighted by atomic mass is 31.2. The van der Waals surface area contributed by atoms with Gasteiger partial charge in [-0.3, -0.25) is 0 Å². The lowest BCUT2D eigenvalue weighted by Crippen LogP contribution is -2.23. The smallest absolute Gasteiger partial charge is 0.220 e. The monoisotopic (exact) mass is 150 g/mol. The Labute approximate surface area is 56.5 Å². The van der Waals surface area contributed by atoms with Crippen molar-refractivity contribution >= 4 is 8.46 Å². The molecule has 0 aliphatic carbocycles. The fraction of sp³-hybridized carbons (Fsp3) is 1.00. The normalized spacial score (nSPS) is 34.3. The first-order valence-corrected chi connectivity index (χ1v) is 4.50. The van der Waals surface area contributed by atoms with Gasteiger partial charge < -0.3 is 4.52 Å². The predicted molar refractivity (Wildman–Crippen MR) is 37.2 cm³/mol. The van der Waals surface area contributed by atoms with E-state index in [4.69, 9.17) is 4.52 Å². The molecule has 1 heterocycles. The molecule has 1 aliphatic rings. The zero-order valence-electron chi connectivity index (χ0n) is 5.85. The maximum absolute atomic E-state index is 12.4. The Morgan fingerprint density at radius 1 is 1.56 bits per heavy atom. The molecule has 0 saturated carbocycles. The molecule has 1 rings (SSSR count). The lowest BCUT2D eigenvalue weighted by Gasteiger charge is -2.30. The van der Waals surface area contributed by atoms with Crippen LogP contribution in [0.5, 0.6) is 0 Å². The first kappa shape index (κ1) is 7.43. The van der Waals surface area contributed by atoms with Crippen LogP contribution >= 0.6 is 8.46 Å². The minimum atomic E-state index is -1.55. The van der Waals surface area contributed by atoms with Gasteiger partial charge in [0.1, 0.15) is 0 Å². The third kappa shape index (κ3) is 2.19. The van der Waals surface area contributed by atoms with Crippen LogP contribution in [0.2, 0.25) is 0 Å². The highest BCUT2D eigenvalue weighted by molar-refractivity contribution is 7.46. The van der Waals surface area contributed by atoms with Gasteiger partial charge in [-0.05, 0) is 11.8 Å². The maximum Gasteiger partial charge on any atom is 0.220 e. The predicted octanol–water partition coefficient (Wildman–Crippen LogP) is 2.71. The van der Waals surface area contributed by atoms with Crippen molar-refractivity contribution in [2.45, 2.75) is 20.3 Å². The molecule has 1 saturated heterocycles. The molecule has 0 aromatic heterocycles. The Hall–Kier alpha value is 0.320. The summed E-state index contributed by atoms with van der Waals surface area (Å²) in [6.07, 6.45) is 1.59. The molecule has 1 atom stereocenters. The molecule has 0 aromatic carbocycles. The van der Waals surface area contributed by atoms with Gasteiger partial charge in [0, 0.05) is 6.16 Å². The van der Waals surface area contributed by atoms with Crippen LogP contribution in [-0.2, 0) is 4.52 Å². The van der Waals surface area contributed by atoms with Crippen molar-refractivity contribution in [3.8, 4) is 0 Å². The number of rotatable bonds is 0. The molecule has 0 N–H and O–H groups in total. The second kappa shape index (κ2) is 2.51. The fourth-order valence-corrected chi connectivity index (χ4v) is 2.17. The van der Waals surface area contributed by atoms with Crippen molar-refractivity contribution < 1.29 is 8.72 Å². The molecule has 0 amide bonds. The van der Waals surface area contributed by atoms with Gasteiger partial charge in [0.25, 0.3) is 0 Å². The van der Waals surface area contributed by atoms with Gasteiger partial charge in [0.15, 0.2) is 0 Å². The minimum Gasteiger partial charge on any atom is -0.330 e. The van der Waals surface area contributed by atoms with Crippen molar-refractivity contribution in [2.75, 3.05) is 12.8 Å². The van der Waals surface area contributed by atoms with E-state index in [1.165, 1.54) is 0 Å². The van der Waals surface area contributed by atoms with Crippen molar-refractivity contribution in [1.82, 2.24) is 0 Å². The van der Waals surface area contributed by atoms with Crippen LogP contribution in [-0.4, -0.2) is 12.8 Å². The third-order valence-electron chi connectivity index (χ3n) is 1.56. The van der Waals surface area contributed by atoms with Crippen molar-refractivity contribution in [3.05, 3.63) is 0 Å². The quantitative estimate of drug-likeness (QED) is 0.482. The van der Waals surface area contributed by atoms with Crippen LogP contribution in [0.25, 0.3) is 0 Å². The van der Waals surface area contributed by atoms with Crippen LogP contribution < -0.4 is 0 Å². The molecule has 0 aromatic rings. The summed E-state index contributed by atoms with van der Waals surface area (Å²) >= 11 is 0. The van der Waals surface area contributed by atoms with E-state index in [-0.39, 0.29) is 5.41 Å². The van der Waals surface area contributed by atoms with E-state index >= 15 is 0 Å². The van der Waals surface area contributed by atoms with Crippen LogP contribution in [0.4, 0.5) is 4.20 Å². The maximum atomic E-state index is 12.4. The summed E-state index contributed by atoms with van der Waals surface area (Å²) in [4.78, 5) is 0. The molecule has 1 fully saturated rings. The first-order chi connectivity index (χ1) is 4.10. The van der Waals surface area contributed by atoms with Gasteiger partial charge >= 0.3 is 0 Å². The highest BCUT2D eigenvalue weighted by Crippen LogP contribution is 2.47. The minimum absolute atomic E-state index is 0.213. The molecule has 3 heteroatoms. The standard InChI is InChI=1S/C6H12FOP/c1-6(2)3-4-9(7)8-5-6/h3-5H2,1-2H3. The highest BCUT2D eigenvalue weighted by Gasteiger charge is 2.27. The molecule has 1 nitrogen and oxygen atoms in total. The van der Waals surface area contributed by atoms with Gasteiger partial charge in [-0.25, -0.2) is 0 Å². The van der Waals surface area contributed by atoms with Crippen LogP contribution in [0.15, 0.2) is 0 Å². The average Bonchev–Trinajstić information content (AvgIpc) is 1.78. The third-order valence-corrected chi connectivity index (χ3v) is 2.54. The Bertz CT molecular complexity index is 95.2. The van der Waals surface area contributed by atoms with E-state index in [0.717, 1.165) is 6.42 Å². The van der Waals surface area contributed by atoms with Gasteiger partial charge in [0.05, 0.1) is 6.61 Å². The Balaban J connectivity index is 2.35. The van der Waals surface area contributed by atoms with E-state index in [9.17, 15) is 4.20 Å². The molecule has 0 bridgehead atoms. The fourth-order valence-electron chi connectivity index (χ4n) is 0.772. The zero-order chi connectivity index (χ0) is 6.91. The molecule has 9 heavy (non-hydrogen) atoms. The van der Waals surface area contributed by atoms with E-state index in [1.54, 1.807) is 0 Å². The van der Waals surface area contributed by atoms with Crippen LogP contribution in [0.1, 0.15) is 20.3 Å². The Morgan fingerprint density at radius 3 is 2.56 bits per heavy atom. The number of hydrogen-bond acceptors (Lipinski definition) is 1. The van der Waals surface area contributed by atoms with E-state index < -0.39 is 8.46 Å². The van der Waals surface area contributed by atoms with Crippen molar-refractivity contribution in [2.24, 2.45) is 5.41 Å². The van der Waals surface area contributed by atoms with Gasteiger partial charge in [-0.2, -0.15) is 4.20 Å². The largest absolute Gasteiger partial charge is 0.330 e. The molecule has 1 aliphatic heterocycles. The summed E-state index contributed by atoms with van der Waals surface area (Å²) in [6, 6.07) is 0. The summed E-state index contributed by atoms with van der Waals surface area (Å²) in [5.41, 5.74) is 0.213. The Kier molecular flexibility index (Phi) is 2.07. The molecule has 0 spiro atoms. The SMILES string of the molecule is CC1(C)CCP(F)OC1. The molecule has 54 valence electrons. The molecular weight excluding hydrogens is 138 g/mol. The number of halogens is 1. The van der Waals surface area contributed by atoms with E-state index in [0.29, 0.717) is 12.8 Å². The topological polar surface area (TPSA) is 9.23 Å². The molecule has 0 radical (unpaired) electrons. The number of hydrogen-bond donors (Lipinski definition) is 0. The van der Waals surface area contributed by atoms with E-state index in [1.807, 2.05) is 0 Å². The second-order valence-electron chi connectivity index (χ2n) is 3.23. The van der Waals surface area contributed by atoms with Gasteiger partial charge in [0.2, 0.25) is 8.46 Å². The summed E-state index contributed by atoms with van der Waals surface area (Å²) < 4.78 is 17.3. The lowest BCUT2D eigenvalue weighted by atomic mass is 9.92. The summed E-state index contributed by atoms with van der Waals surface area (Å²) in [7, 11) is -1.55. The van der Waals surface area contributed by atoms with Crippen LogP contribution in [0.3, 0.4) is 0 Å². The average molecular weight is 150 g/mol. The van der Waals surface area contributed by atoms with E-state index in [2.05, 4.69) is 13.8 Å². The lowest BCUT2D eigenvalue weighted by molar-refractivity contribution is 0.161. The second-order valence-corrected chi connectivity index (χ2v) is 4.57. The van der Waals surface area contributed by atoms with Gasteiger partial charge in [-0.15, -0.1) is 0 Å². The van der Waals surface area contributed by atoms with Gasteiger partial charge in [-0.1, -0.05) is 13.8 Å².